The summed E-state index contributed by atoms with van der Waals surface area (Å²) >= 11 is 5.28. The molecular formula is C17H18N4O5S. The SMILES string of the molecule is N#Cc1c(N)nc(=S)n([C@@H]2O[C@H](CO)[C@H](O)[C@H](O)[C@H]2O)c1-c1ccccc1. The molecule has 3 rings (SSSR count). The minimum absolute atomic E-state index is 0.0201. The minimum atomic E-state index is -1.60. The van der Waals surface area contributed by atoms with Crippen LogP contribution < -0.4 is 5.73 Å². The first kappa shape index (κ1) is 19.4. The van der Waals surface area contributed by atoms with Crippen LogP contribution in [0.5, 0.6) is 0 Å². The molecule has 5 atom stereocenters. The molecule has 0 radical (unpaired) electrons. The topological polar surface area (TPSA) is 158 Å². The smallest absolute Gasteiger partial charge is 0.204 e. The number of benzene rings is 1. The third-order valence-electron chi connectivity index (χ3n) is 4.44. The van der Waals surface area contributed by atoms with E-state index in [1.54, 1.807) is 30.3 Å². The highest BCUT2D eigenvalue weighted by molar-refractivity contribution is 7.71. The van der Waals surface area contributed by atoms with Crippen molar-refractivity contribution in [2.24, 2.45) is 0 Å². The first-order chi connectivity index (χ1) is 12.9. The molecule has 1 aliphatic rings. The van der Waals surface area contributed by atoms with Gasteiger partial charge in [-0.3, -0.25) is 4.57 Å². The Kier molecular flexibility index (Phi) is 5.52. The number of nitrogens with zero attached hydrogens (tertiary/aromatic N) is 3. The monoisotopic (exact) mass is 390 g/mol. The van der Waals surface area contributed by atoms with Crippen molar-refractivity contribution in [3.63, 3.8) is 0 Å². The second-order valence-corrected chi connectivity index (χ2v) is 6.44. The van der Waals surface area contributed by atoms with Crippen molar-refractivity contribution in [2.75, 3.05) is 12.3 Å². The average molecular weight is 390 g/mol. The molecule has 2 aromatic rings. The maximum Gasteiger partial charge on any atom is 0.204 e. The van der Waals surface area contributed by atoms with Gasteiger partial charge in [-0.05, 0) is 17.8 Å². The average Bonchev–Trinajstić information content (AvgIpc) is 2.67. The second-order valence-electron chi connectivity index (χ2n) is 6.07. The molecule has 0 saturated carbocycles. The molecule has 1 aromatic heterocycles. The molecule has 1 aromatic carbocycles. The largest absolute Gasteiger partial charge is 0.394 e. The van der Waals surface area contributed by atoms with Crippen LogP contribution in [-0.4, -0.2) is 61.0 Å². The van der Waals surface area contributed by atoms with Gasteiger partial charge in [0.25, 0.3) is 0 Å². The van der Waals surface area contributed by atoms with Gasteiger partial charge in [0, 0.05) is 0 Å². The van der Waals surface area contributed by atoms with Crippen LogP contribution in [-0.2, 0) is 4.74 Å². The lowest BCUT2D eigenvalue weighted by Gasteiger charge is -2.41. The number of nitrogen functional groups attached to an aromatic ring is 1. The normalized spacial score (nSPS) is 27.9. The number of aliphatic hydroxyl groups is 4. The molecule has 10 heteroatoms. The van der Waals surface area contributed by atoms with Gasteiger partial charge in [-0.2, -0.15) is 5.26 Å². The zero-order valence-electron chi connectivity index (χ0n) is 14.0. The molecule has 1 fully saturated rings. The van der Waals surface area contributed by atoms with Crippen molar-refractivity contribution in [3.8, 4) is 17.3 Å². The summed E-state index contributed by atoms with van der Waals surface area (Å²) in [6.07, 6.45) is -7.15. The van der Waals surface area contributed by atoms with E-state index in [2.05, 4.69) is 4.98 Å². The summed E-state index contributed by atoms with van der Waals surface area (Å²) < 4.78 is 6.77. The van der Waals surface area contributed by atoms with E-state index < -0.39 is 37.3 Å². The molecule has 0 spiro atoms. The van der Waals surface area contributed by atoms with Crippen LogP contribution in [0.3, 0.4) is 0 Å². The van der Waals surface area contributed by atoms with E-state index in [0.717, 1.165) is 0 Å². The molecule has 142 valence electrons. The van der Waals surface area contributed by atoms with Crippen molar-refractivity contribution in [2.45, 2.75) is 30.6 Å². The van der Waals surface area contributed by atoms with Gasteiger partial charge in [0.2, 0.25) is 4.77 Å². The Bertz CT molecular complexity index is 927. The van der Waals surface area contributed by atoms with E-state index in [1.807, 2.05) is 6.07 Å². The fourth-order valence-electron chi connectivity index (χ4n) is 3.07. The molecule has 0 bridgehead atoms. The van der Waals surface area contributed by atoms with Crippen LogP contribution in [0.2, 0.25) is 0 Å². The molecule has 1 saturated heterocycles. The number of nitrogens with two attached hydrogens (primary N) is 1. The Morgan fingerprint density at radius 2 is 1.85 bits per heavy atom. The number of aromatic nitrogens is 2. The molecule has 0 amide bonds. The number of aliphatic hydroxyl groups excluding tert-OH is 4. The van der Waals surface area contributed by atoms with Crippen LogP contribution in [0.1, 0.15) is 11.8 Å². The summed E-state index contributed by atoms with van der Waals surface area (Å²) in [6, 6.07) is 10.7. The van der Waals surface area contributed by atoms with Crippen LogP contribution in [0.4, 0.5) is 5.82 Å². The molecule has 0 aliphatic carbocycles. The van der Waals surface area contributed by atoms with E-state index >= 15 is 0 Å². The third-order valence-corrected chi connectivity index (χ3v) is 4.72. The maximum atomic E-state index is 10.5. The maximum absolute atomic E-state index is 10.5. The van der Waals surface area contributed by atoms with E-state index in [9.17, 15) is 25.7 Å². The van der Waals surface area contributed by atoms with Gasteiger partial charge in [0.15, 0.2) is 6.23 Å². The Hall–Kier alpha value is -2.39. The number of nitriles is 1. The number of hydrogen-bond acceptors (Lipinski definition) is 9. The van der Waals surface area contributed by atoms with Gasteiger partial charge >= 0.3 is 0 Å². The number of rotatable bonds is 3. The quantitative estimate of drug-likeness (QED) is 0.444. The van der Waals surface area contributed by atoms with Gasteiger partial charge in [-0.25, -0.2) is 4.98 Å². The van der Waals surface area contributed by atoms with Gasteiger partial charge in [-0.15, -0.1) is 0 Å². The molecule has 6 N–H and O–H groups in total. The first-order valence-electron chi connectivity index (χ1n) is 8.08. The summed E-state index contributed by atoms with van der Waals surface area (Å²) in [7, 11) is 0. The van der Waals surface area contributed by atoms with Crippen molar-refractivity contribution in [3.05, 3.63) is 40.7 Å². The fourth-order valence-corrected chi connectivity index (χ4v) is 3.36. The highest BCUT2D eigenvalue weighted by Crippen LogP contribution is 2.35. The van der Waals surface area contributed by atoms with Crippen LogP contribution in [0, 0.1) is 16.1 Å². The van der Waals surface area contributed by atoms with Gasteiger partial charge in [0.1, 0.15) is 41.9 Å². The van der Waals surface area contributed by atoms with Gasteiger partial charge < -0.3 is 30.9 Å². The van der Waals surface area contributed by atoms with Crippen molar-refractivity contribution in [1.82, 2.24) is 9.55 Å². The zero-order chi connectivity index (χ0) is 19.7. The summed E-state index contributed by atoms with van der Waals surface area (Å²) in [5.41, 5.74) is 6.69. The second kappa shape index (κ2) is 7.69. The van der Waals surface area contributed by atoms with E-state index in [-0.39, 0.29) is 21.8 Å². The molecule has 1 aliphatic heterocycles. The van der Waals surface area contributed by atoms with E-state index in [4.69, 9.17) is 22.7 Å². The number of anilines is 1. The minimum Gasteiger partial charge on any atom is -0.394 e. The standard InChI is InChI=1S/C17H18N4O5S/c18-6-9-11(8-4-2-1-3-5-8)21(17(27)20-15(9)19)16-14(25)13(24)12(23)10(7-22)26-16/h1-5,10,12-14,16,22-25H,7H2,(H2,19,20,27)/t10-,12+,13+,14-,16-/m1/s1. The first-order valence-corrected chi connectivity index (χ1v) is 8.49. The molecule has 9 nitrogen and oxygen atoms in total. The Labute approximate surface area is 159 Å². The molecular weight excluding hydrogens is 372 g/mol. The fraction of sp³-hybridized carbons (Fsp3) is 0.353. The summed E-state index contributed by atoms with van der Waals surface area (Å²) in [4.78, 5) is 3.97. The number of ether oxygens (including phenoxy) is 1. The van der Waals surface area contributed by atoms with E-state index in [0.29, 0.717) is 5.56 Å². The number of hydrogen-bond donors (Lipinski definition) is 5. The summed E-state index contributed by atoms with van der Waals surface area (Å²) in [6.45, 7) is -0.594. The highest BCUT2D eigenvalue weighted by atomic mass is 32.1. The highest BCUT2D eigenvalue weighted by Gasteiger charge is 2.45. The summed E-state index contributed by atoms with van der Waals surface area (Å²) in [5.74, 6) is -0.0813. The van der Waals surface area contributed by atoms with Crippen molar-refractivity contribution in [1.29, 1.82) is 5.26 Å². The molecule has 0 unspecified atom stereocenters. The van der Waals surface area contributed by atoms with Crippen LogP contribution in [0.25, 0.3) is 11.3 Å². The third kappa shape index (κ3) is 3.32. The van der Waals surface area contributed by atoms with Gasteiger partial charge in [-0.1, -0.05) is 30.3 Å². The van der Waals surface area contributed by atoms with Crippen molar-refractivity contribution < 1.29 is 25.2 Å². The zero-order valence-corrected chi connectivity index (χ0v) is 14.8. The predicted molar refractivity (Wildman–Crippen MR) is 96.6 cm³/mol. The Morgan fingerprint density at radius 3 is 2.44 bits per heavy atom. The lowest BCUT2D eigenvalue weighted by atomic mass is 9.97. The van der Waals surface area contributed by atoms with Crippen molar-refractivity contribution >= 4 is 18.0 Å². The lowest BCUT2D eigenvalue weighted by molar-refractivity contribution is -0.251. The van der Waals surface area contributed by atoms with Crippen LogP contribution >= 0.6 is 12.2 Å². The van der Waals surface area contributed by atoms with E-state index in [1.165, 1.54) is 4.57 Å². The Balaban J connectivity index is 2.27. The lowest BCUT2D eigenvalue weighted by Crippen LogP contribution is -2.56. The summed E-state index contributed by atoms with van der Waals surface area (Å²) in [5, 5.41) is 49.6. The van der Waals surface area contributed by atoms with Crippen LogP contribution in [0.15, 0.2) is 30.3 Å². The molecule has 27 heavy (non-hydrogen) atoms. The predicted octanol–water partition coefficient (Wildman–Crippen LogP) is -0.294. The van der Waals surface area contributed by atoms with Gasteiger partial charge in [0.05, 0.1) is 12.3 Å². The Morgan fingerprint density at radius 1 is 1.19 bits per heavy atom. The molecule has 2 heterocycles.